The summed E-state index contributed by atoms with van der Waals surface area (Å²) >= 11 is 0. The Morgan fingerprint density at radius 1 is 0.280 bits per heavy atom. The fourth-order valence-electron chi connectivity index (χ4n) is 9.65. The van der Waals surface area contributed by atoms with Gasteiger partial charge in [0.2, 0.25) is 0 Å². The van der Waals surface area contributed by atoms with Gasteiger partial charge in [-0.05, 0) is 64.2 Å². The molecule has 0 aliphatic rings. The van der Waals surface area contributed by atoms with Gasteiger partial charge in [-0.15, -0.1) is 0 Å². The molecule has 1 atom stereocenters. The summed E-state index contributed by atoms with van der Waals surface area (Å²) in [5.41, 5.74) is 0. The number of unbranched alkanes of at least 4 members (excludes halogenated alkanes) is 39. The van der Waals surface area contributed by atoms with Crippen LogP contribution in [0.4, 0.5) is 0 Å². The lowest BCUT2D eigenvalue weighted by atomic mass is 10.0. The van der Waals surface area contributed by atoms with Gasteiger partial charge in [0.25, 0.3) is 0 Å². The third-order valence-electron chi connectivity index (χ3n) is 14.5. The van der Waals surface area contributed by atoms with Crippen molar-refractivity contribution in [1.29, 1.82) is 0 Å². The topological polar surface area (TPSA) is 78.9 Å². The highest BCUT2D eigenvalue weighted by Crippen LogP contribution is 2.18. The lowest BCUT2D eigenvalue weighted by Gasteiger charge is -2.18. The van der Waals surface area contributed by atoms with Gasteiger partial charge in [0.1, 0.15) is 13.2 Å². The molecule has 6 heteroatoms. The van der Waals surface area contributed by atoms with Crippen LogP contribution in [0.15, 0.2) is 60.8 Å². The number of allylic oxidation sites excluding steroid dienone is 10. The molecule has 0 rings (SSSR count). The minimum atomic E-state index is -0.782. The average molecular weight is 1050 g/mol. The third-order valence-corrected chi connectivity index (χ3v) is 14.5. The summed E-state index contributed by atoms with van der Waals surface area (Å²) in [5.74, 6) is -0.878. The van der Waals surface area contributed by atoms with Crippen LogP contribution in [0.2, 0.25) is 0 Å². The molecule has 0 aromatic carbocycles. The highest BCUT2D eigenvalue weighted by Gasteiger charge is 2.19. The standard InChI is InChI=1S/C69H124O6/c1-4-7-10-13-16-19-22-24-26-28-30-32-33-34-35-37-38-40-42-44-47-50-53-56-59-62-68(71)74-65-66(64-73-67(70)61-58-55-52-49-46-21-18-15-12-9-6-3)75-69(72)63-60-57-54-51-48-45-43-41-39-36-31-29-27-25-23-20-17-14-11-8-5-2/h8,11,17,20,25,27,31,36,41,43,66H,4-7,9-10,12-16,18-19,21-24,26,28-30,32-35,37-40,42,44-65H2,1-3H3/b11-8-,20-17-,27-25-,36-31-,43-41-. The molecule has 0 amide bonds. The Labute approximate surface area is 466 Å². The zero-order valence-corrected chi connectivity index (χ0v) is 50.1. The lowest BCUT2D eigenvalue weighted by molar-refractivity contribution is -0.167. The smallest absolute Gasteiger partial charge is 0.306 e. The minimum Gasteiger partial charge on any atom is -0.462 e. The SMILES string of the molecule is CC/C=C\C/C=C\C/C=C\C/C=C\C/C=C\CCCCCCCC(=O)OC(COC(=O)CCCCCCCCCCCCC)COC(=O)CCCCCCCCCCCCCCCCCCCCCCCCCCC. The van der Waals surface area contributed by atoms with Crippen molar-refractivity contribution in [2.45, 2.75) is 348 Å². The first kappa shape index (κ1) is 72.1. The second-order valence-electron chi connectivity index (χ2n) is 22.0. The van der Waals surface area contributed by atoms with Gasteiger partial charge in [0, 0.05) is 19.3 Å². The number of ether oxygens (including phenoxy) is 3. The summed E-state index contributed by atoms with van der Waals surface area (Å²) in [6.07, 6.45) is 81.0. The van der Waals surface area contributed by atoms with Crippen molar-refractivity contribution in [1.82, 2.24) is 0 Å². The molecule has 0 aromatic rings. The molecule has 0 radical (unpaired) electrons. The highest BCUT2D eigenvalue weighted by atomic mass is 16.6. The van der Waals surface area contributed by atoms with Crippen LogP contribution in [0.3, 0.4) is 0 Å². The van der Waals surface area contributed by atoms with Crippen molar-refractivity contribution in [3.63, 3.8) is 0 Å². The molecule has 436 valence electrons. The number of hydrogen-bond acceptors (Lipinski definition) is 6. The van der Waals surface area contributed by atoms with E-state index in [4.69, 9.17) is 14.2 Å². The third kappa shape index (κ3) is 61.8. The van der Waals surface area contributed by atoms with Gasteiger partial charge in [0.15, 0.2) is 6.10 Å². The van der Waals surface area contributed by atoms with E-state index in [1.54, 1.807) is 0 Å². The maximum Gasteiger partial charge on any atom is 0.306 e. The minimum absolute atomic E-state index is 0.0778. The predicted octanol–water partition coefficient (Wildman–Crippen LogP) is 22.3. The quantitative estimate of drug-likeness (QED) is 0.0261. The molecule has 0 fully saturated rings. The van der Waals surface area contributed by atoms with E-state index in [0.29, 0.717) is 19.3 Å². The van der Waals surface area contributed by atoms with E-state index in [9.17, 15) is 14.4 Å². The van der Waals surface area contributed by atoms with Crippen molar-refractivity contribution in [2.75, 3.05) is 13.2 Å². The molecule has 0 aliphatic carbocycles. The average Bonchev–Trinajstić information content (AvgIpc) is 3.41. The fourth-order valence-corrected chi connectivity index (χ4v) is 9.65. The Balaban J connectivity index is 4.25. The molecule has 0 aromatic heterocycles. The molecule has 75 heavy (non-hydrogen) atoms. The molecule has 6 nitrogen and oxygen atoms in total. The first-order valence-corrected chi connectivity index (χ1v) is 32.8. The van der Waals surface area contributed by atoms with Gasteiger partial charge >= 0.3 is 17.9 Å². The summed E-state index contributed by atoms with van der Waals surface area (Å²) in [7, 11) is 0. The number of rotatable bonds is 60. The highest BCUT2D eigenvalue weighted by molar-refractivity contribution is 5.71. The number of carbonyl (C=O) groups excluding carboxylic acids is 3. The molecule has 0 spiro atoms. The zero-order valence-electron chi connectivity index (χ0n) is 50.1. The maximum absolute atomic E-state index is 12.9. The van der Waals surface area contributed by atoms with Gasteiger partial charge in [0.05, 0.1) is 0 Å². The Kier molecular flexibility index (Phi) is 61.2. The van der Waals surface area contributed by atoms with E-state index in [0.717, 1.165) is 109 Å². The Morgan fingerprint density at radius 2 is 0.520 bits per heavy atom. The maximum atomic E-state index is 12.9. The Morgan fingerprint density at radius 3 is 0.813 bits per heavy atom. The molecule has 0 saturated heterocycles. The van der Waals surface area contributed by atoms with Crippen LogP contribution < -0.4 is 0 Å². The predicted molar refractivity (Wildman–Crippen MR) is 325 cm³/mol. The van der Waals surface area contributed by atoms with Crippen LogP contribution in [0, 0.1) is 0 Å². The second kappa shape index (κ2) is 63.6. The largest absolute Gasteiger partial charge is 0.462 e. The Hall–Kier alpha value is -2.89. The lowest BCUT2D eigenvalue weighted by Crippen LogP contribution is -2.30. The monoisotopic (exact) mass is 1050 g/mol. The molecule has 0 N–H and O–H groups in total. The van der Waals surface area contributed by atoms with Crippen molar-refractivity contribution < 1.29 is 28.6 Å². The van der Waals surface area contributed by atoms with E-state index in [1.807, 2.05) is 0 Å². The van der Waals surface area contributed by atoms with Crippen LogP contribution >= 0.6 is 0 Å². The first-order chi connectivity index (χ1) is 37.0. The number of esters is 3. The molecule has 0 heterocycles. The summed E-state index contributed by atoms with van der Waals surface area (Å²) in [6.45, 7) is 6.55. The molecule has 1 unspecified atom stereocenters. The molecule has 0 bridgehead atoms. The van der Waals surface area contributed by atoms with Gasteiger partial charge in [-0.25, -0.2) is 0 Å². The molecular formula is C69H124O6. The Bertz CT molecular complexity index is 1340. The molecular weight excluding hydrogens is 925 g/mol. The summed E-state index contributed by atoms with van der Waals surface area (Å²) in [5, 5.41) is 0. The van der Waals surface area contributed by atoms with Crippen LogP contribution in [0.25, 0.3) is 0 Å². The van der Waals surface area contributed by atoms with Crippen molar-refractivity contribution in [2.24, 2.45) is 0 Å². The van der Waals surface area contributed by atoms with E-state index in [1.165, 1.54) is 193 Å². The van der Waals surface area contributed by atoms with Crippen LogP contribution in [0.1, 0.15) is 342 Å². The van der Waals surface area contributed by atoms with Gasteiger partial charge in [-0.3, -0.25) is 14.4 Å². The van der Waals surface area contributed by atoms with E-state index >= 15 is 0 Å². The van der Waals surface area contributed by atoms with Gasteiger partial charge in [-0.2, -0.15) is 0 Å². The van der Waals surface area contributed by atoms with E-state index < -0.39 is 6.10 Å². The summed E-state index contributed by atoms with van der Waals surface area (Å²) in [4.78, 5) is 38.3. The van der Waals surface area contributed by atoms with E-state index in [2.05, 4.69) is 81.5 Å². The van der Waals surface area contributed by atoms with Crippen LogP contribution in [-0.2, 0) is 28.6 Å². The van der Waals surface area contributed by atoms with Gasteiger partial charge in [-0.1, -0.05) is 319 Å². The van der Waals surface area contributed by atoms with Crippen molar-refractivity contribution >= 4 is 17.9 Å². The van der Waals surface area contributed by atoms with Crippen molar-refractivity contribution in [3.8, 4) is 0 Å². The molecule has 0 aliphatic heterocycles. The normalized spacial score (nSPS) is 12.4. The van der Waals surface area contributed by atoms with Crippen molar-refractivity contribution in [3.05, 3.63) is 60.8 Å². The summed E-state index contributed by atoms with van der Waals surface area (Å²) < 4.78 is 16.9. The molecule has 0 saturated carbocycles. The van der Waals surface area contributed by atoms with Gasteiger partial charge < -0.3 is 14.2 Å². The fraction of sp³-hybridized carbons (Fsp3) is 0.812. The van der Waals surface area contributed by atoms with Crippen LogP contribution in [0.5, 0.6) is 0 Å². The first-order valence-electron chi connectivity index (χ1n) is 32.8. The zero-order chi connectivity index (χ0) is 54.3. The van der Waals surface area contributed by atoms with E-state index in [-0.39, 0.29) is 31.1 Å². The number of hydrogen-bond donors (Lipinski definition) is 0. The summed E-state index contributed by atoms with van der Waals surface area (Å²) in [6, 6.07) is 0. The van der Waals surface area contributed by atoms with Crippen LogP contribution in [-0.4, -0.2) is 37.2 Å². The number of carbonyl (C=O) groups is 3. The second-order valence-corrected chi connectivity index (χ2v) is 22.0.